The maximum atomic E-state index is 12.9. The van der Waals surface area contributed by atoms with Crippen LogP contribution in [0.15, 0.2) is 35.3 Å². The smallest absolute Gasteiger partial charge is 0.326 e. The first kappa shape index (κ1) is 43.5. The second kappa shape index (κ2) is 21.2. The molecule has 1 aromatic carbocycles. The molecule has 4 rings (SSSR count). The van der Waals surface area contributed by atoms with Crippen molar-refractivity contribution in [3.63, 3.8) is 0 Å². The molecule has 0 spiro atoms. The van der Waals surface area contributed by atoms with Crippen LogP contribution in [0.25, 0.3) is 11.2 Å². The first-order valence-corrected chi connectivity index (χ1v) is 18.2. The Kier molecular flexibility index (Phi) is 16.1. The normalized spacial score (nSPS) is 16.1. The predicted octanol–water partition coefficient (Wildman–Crippen LogP) is -1.30. The van der Waals surface area contributed by atoms with Crippen molar-refractivity contribution >= 4 is 58.5 Å². The van der Waals surface area contributed by atoms with E-state index < -0.39 is 47.3 Å². The number of nitrogens with one attached hydrogen (secondary N) is 4. The number of carbonyl (C=O) groups excluding carboxylic acids is 2. The number of aromatic amines is 1. The number of fused-ring (bicyclic) bond motifs is 1. The van der Waals surface area contributed by atoms with Gasteiger partial charge in [0, 0.05) is 63.0 Å². The molecule has 1 aliphatic rings. The Hall–Kier alpha value is -6.26. The minimum atomic E-state index is -1.34. The molecule has 1 aliphatic heterocycles. The Balaban J connectivity index is 1.22. The fourth-order valence-corrected chi connectivity index (χ4v) is 6.28. The lowest BCUT2D eigenvalue weighted by Gasteiger charge is -2.33. The molecule has 3 heterocycles. The van der Waals surface area contributed by atoms with Crippen molar-refractivity contribution in [1.82, 2.24) is 45.3 Å². The molecular weight excluding hydrogens is 750 g/mol. The van der Waals surface area contributed by atoms with Crippen molar-refractivity contribution in [3.05, 3.63) is 52.1 Å². The van der Waals surface area contributed by atoms with E-state index in [-0.39, 0.29) is 87.4 Å². The van der Waals surface area contributed by atoms with Crippen LogP contribution >= 0.6 is 0 Å². The van der Waals surface area contributed by atoms with Crippen LogP contribution in [0, 0.1) is 0 Å². The highest BCUT2D eigenvalue weighted by molar-refractivity contribution is 5.97. The van der Waals surface area contributed by atoms with Gasteiger partial charge in [-0.2, -0.15) is 4.98 Å². The standard InChI is InChI=1S/C35H47N11O11/c36-35-42-31-30(33(55)43-35)40-23(16-39-31)15-38-22-6-4-21(5-7-22)32(54)41-25(34(56)57)8-9-26(47)37-10-2-1-3-24-17-45(19-28(50)51)12-11-44(18-27(48)49)13-14-46(24)20-29(52)53/h4-7,16,24-25,38H,1-3,8-15,17-20H2,(H,37,47)(H,41,54)(H,48,49)(H,50,51)(H,52,53)(H,56,57)(H3,36,39,42,43,55)/t24?,25-/m0/s1. The Labute approximate surface area is 325 Å². The fraction of sp³-hybridized carbons (Fsp3) is 0.486. The van der Waals surface area contributed by atoms with Crippen LogP contribution < -0.4 is 27.2 Å². The fourth-order valence-electron chi connectivity index (χ4n) is 6.28. The number of anilines is 2. The lowest BCUT2D eigenvalue weighted by Crippen LogP contribution is -2.48. The van der Waals surface area contributed by atoms with Gasteiger partial charge < -0.3 is 42.1 Å². The summed E-state index contributed by atoms with van der Waals surface area (Å²) in [5.74, 6) is -5.64. The Morgan fingerprint density at radius 1 is 0.877 bits per heavy atom. The van der Waals surface area contributed by atoms with Crippen molar-refractivity contribution in [2.24, 2.45) is 0 Å². The SMILES string of the molecule is Nc1nc2ncc(CNc3ccc(C(=O)N[C@@H](CCC(=O)NCCCCC4CN(CC(=O)O)CCN(CC(=O)O)CCN4CC(=O)O)C(=O)O)cc3)nc2c(=O)[nH]1. The first-order valence-electron chi connectivity index (χ1n) is 18.2. The number of unbranched alkanes of at least 4 members (excludes halogenated alkanes) is 1. The van der Waals surface area contributed by atoms with Crippen LogP contribution in [0.4, 0.5) is 11.6 Å². The van der Waals surface area contributed by atoms with Crippen molar-refractivity contribution < 1.29 is 49.2 Å². The molecule has 2 amide bonds. The molecule has 1 unspecified atom stereocenters. The number of carbonyl (C=O) groups is 6. The van der Waals surface area contributed by atoms with Gasteiger partial charge in [0.1, 0.15) is 6.04 Å². The van der Waals surface area contributed by atoms with Crippen molar-refractivity contribution in [2.75, 3.05) is 70.0 Å². The van der Waals surface area contributed by atoms with E-state index in [2.05, 4.69) is 35.9 Å². The molecule has 0 aliphatic carbocycles. The third-order valence-corrected chi connectivity index (χ3v) is 9.13. The number of rotatable bonds is 20. The number of aliphatic carboxylic acids is 4. The highest BCUT2D eigenvalue weighted by atomic mass is 16.4. The number of nitrogens with zero attached hydrogens (tertiary/aromatic N) is 6. The van der Waals surface area contributed by atoms with E-state index >= 15 is 0 Å². The topological polar surface area (TPSA) is 327 Å². The second-order valence-electron chi connectivity index (χ2n) is 13.5. The van der Waals surface area contributed by atoms with E-state index in [1.165, 1.54) is 18.3 Å². The number of nitrogens with two attached hydrogens (primary N) is 1. The van der Waals surface area contributed by atoms with Crippen LogP contribution in [-0.4, -0.2) is 162 Å². The summed E-state index contributed by atoms with van der Waals surface area (Å²) < 4.78 is 0. The highest BCUT2D eigenvalue weighted by Gasteiger charge is 2.28. The molecule has 2 aromatic heterocycles. The zero-order chi connectivity index (χ0) is 41.5. The molecule has 22 nitrogen and oxygen atoms in total. The number of hydrogen-bond acceptors (Lipinski definition) is 15. The average Bonchev–Trinajstić information content (AvgIpc) is 3.21. The van der Waals surface area contributed by atoms with E-state index in [0.717, 1.165) is 0 Å². The van der Waals surface area contributed by atoms with Crippen LogP contribution in [-0.2, 0) is 30.5 Å². The molecule has 1 saturated heterocycles. The molecule has 1 fully saturated rings. The van der Waals surface area contributed by atoms with Gasteiger partial charge in [0.15, 0.2) is 11.2 Å². The molecule has 0 radical (unpaired) electrons. The maximum absolute atomic E-state index is 12.9. The van der Waals surface area contributed by atoms with Crippen molar-refractivity contribution in [2.45, 2.75) is 50.7 Å². The second-order valence-corrected chi connectivity index (χ2v) is 13.5. The van der Waals surface area contributed by atoms with Crippen molar-refractivity contribution in [3.8, 4) is 0 Å². The Morgan fingerprint density at radius 3 is 2.23 bits per heavy atom. The summed E-state index contributed by atoms with van der Waals surface area (Å²) in [7, 11) is 0. The lowest BCUT2D eigenvalue weighted by molar-refractivity contribution is -0.140. The van der Waals surface area contributed by atoms with Crippen LogP contribution in [0.2, 0.25) is 0 Å². The van der Waals surface area contributed by atoms with E-state index in [9.17, 15) is 54.0 Å². The summed E-state index contributed by atoms with van der Waals surface area (Å²) in [6, 6.07) is 4.50. The minimum Gasteiger partial charge on any atom is -0.480 e. The molecule has 308 valence electrons. The lowest BCUT2D eigenvalue weighted by atomic mass is 10.1. The highest BCUT2D eigenvalue weighted by Crippen LogP contribution is 2.15. The summed E-state index contributed by atoms with van der Waals surface area (Å²) in [5.41, 5.74) is 6.38. The zero-order valence-corrected chi connectivity index (χ0v) is 31.1. The molecule has 0 saturated carbocycles. The van der Waals surface area contributed by atoms with Gasteiger partial charge in [0.2, 0.25) is 11.9 Å². The van der Waals surface area contributed by atoms with Gasteiger partial charge in [-0.25, -0.2) is 14.8 Å². The Morgan fingerprint density at radius 2 is 1.54 bits per heavy atom. The van der Waals surface area contributed by atoms with Gasteiger partial charge >= 0.3 is 23.9 Å². The monoisotopic (exact) mass is 797 g/mol. The van der Waals surface area contributed by atoms with Gasteiger partial charge in [-0.3, -0.25) is 48.5 Å². The number of carboxylic acid groups (broad SMARTS) is 4. The van der Waals surface area contributed by atoms with E-state index in [4.69, 9.17) is 5.73 Å². The summed E-state index contributed by atoms with van der Waals surface area (Å²) in [6.07, 6.45) is 2.62. The summed E-state index contributed by atoms with van der Waals surface area (Å²) >= 11 is 0. The molecule has 0 bridgehead atoms. The quantitative estimate of drug-likeness (QED) is 0.0600. The van der Waals surface area contributed by atoms with E-state index in [0.29, 0.717) is 50.3 Å². The number of hydrogen-bond donors (Lipinski definition) is 9. The number of amides is 2. The molecule has 2 atom stereocenters. The number of carboxylic acids is 4. The van der Waals surface area contributed by atoms with E-state index in [1.54, 1.807) is 26.8 Å². The maximum Gasteiger partial charge on any atom is 0.326 e. The van der Waals surface area contributed by atoms with E-state index in [1.807, 2.05) is 0 Å². The number of nitrogen functional groups attached to an aromatic ring is 1. The summed E-state index contributed by atoms with van der Waals surface area (Å²) in [5, 5.41) is 46.2. The molecule has 57 heavy (non-hydrogen) atoms. The number of H-pyrrole nitrogens is 1. The zero-order valence-electron chi connectivity index (χ0n) is 31.1. The predicted molar refractivity (Wildman–Crippen MR) is 202 cm³/mol. The number of aromatic nitrogens is 4. The van der Waals surface area contributed by atoms with Gasteiger partial charge in [-0.05, 0) is 43.5 Å². The van der Waals surface area contributed by atoms with Crippen LogP contribution in [0.5, 0.6) is 0 Å². The first-order chi connectivity index (χ1) is 27.2. The molecule has 10 N–H and O–H groups in total. The van der Waals surface area contributed by atoms with Crippen LogP contribution in [0.1, 0.15) is 48.2 Å². The van der Waals surface area contributed by atoms with Crippen molar-refractivity contribution in [1.29, 1.82) is 0 Å². The van der Waals surface area contributed by atoms with Crippen LogP contribution in [0.3, 0.4) is 0 Å². The third kappa shape index (κ3) is 14.4. The van der Waals surface area contributed by atoms with Gasteiger partial charge in [0.25, 0.3) is 11.5 Å². The number of benzene rings is 1. The molecular formula is C35H47N11O11. The third-order valence-electron chi connectivity index (χ3n) is 9.13. The summed E-state index contributed by atoms with van der Waals surface area (Å²) in [4.78, 5) is 104. The largest absolute Gasteiger partial charge is 0.480 e. The minimum absolute atomic E-state index is 0.0317. The molecule has 22 heteroatoms. The Bertz CT molecular complexity index is 1960. The average molecular weight is 798 g/mol. The molecule has 3 aromatic rings. The van der Waals surface area contributed by atoms with Gasteiger partial charge in [0.05, 0.1) is 38.1 Å². The van der Waals surface area contributed by atoms with Gasteiger partial charge in [-0.15, -0.1) is 0 Å². The summed E-state index contributed by atoms with van der Waals surface area (Å²) in [6.45, 7) is 1.01. The van der Waals surface area contributed by atoms with Gasteiger partial charge in [-0.1, -0.05) is 6.42 Å².